The first kappa shape index (κ1) is 14.5. The molecule has 2 aromatic rings. The Labute approximate surface area is 122 Å². The van der Waals surface area contributed by atoms with Gasteiger partial charge < -0.3 is 14.8 Å². The number of nitrogens with zero attached hydrogens (tertiary/aromatic N) is 1. The third-order valence-corrected chi connectivity index (χ3v) is 3.55. The molecule has 0 aromatic carbocycles. The molecule has 2 N–H and O–H groups in total. The molecule has 6 heteroatoms. The molecule has 0 aliphatic rings. The van der Waals surface area contributed by atoms with Gasteiger partial charge in [0.25, 0.3) is 5.91 Å². The van der Waals surface area contributed by atoms with Gasteiger partial charge in [0.2, 0.25) is 0 Å². The first-order chi connectivity index (χ1) is 9.54. The normalized spacial score (nSPS) is 12.2. The fourth-order valence-corrected chi connectivity index (χ4v) is 2.43. The van der Waals surface area contributed by atoms with Crippen molar-refractivity contribution in [1.82, 2.24) is 15.5 Å². The van der Waals surface area contributed by atoms with Crippen LogP contribution in [0.25, 0.3) is 0 Å². The van der Waals surface area contributed by atoms with Gasteiger partial charge in [0.05, 0.1) is 17.3 Å². The third kappa shape index (κ3) is 2.80. The van der Waals surface area contributed by atoms with E-state index in [1.165, 1.54) is 0 Å². The van der Waals surface area contributed by atoms with Gasteiger partial charge in [0.1, 0.15) is 10.4 Å². The van der Waals surface area contributed by atoms with Crippen LogP contribution in [0.2, 0.25) is 0 Å². The van der Waals surface area contributed by atoms with E-state index in [4.69, 9.17) is 16.7 Å². The predicted octanol–water partition coefficient (Wildman–Crippen LogP) is 3.23. The Balaban J connectivity index is 2.26. The van der Waals surface area contributed by atoms with E-state index in [1.807, 2.05) is 20.8 Å². The summed E-state index contributed by atoms with van der Waals surface area (Å²) in [6, 6.07) is 3.32. The average molecular weight is 291 g/mol. The Morgan fingerprint density at radius 3 is 2.85 bits per heavy atom. The second kappa shape index (κ2) is 6.00. The van der Waals surface area contributed by atoms with Crippen LogP contribution in [0.1, 0.15) is 46.8 Å². The second-order valence-corrected chi connectivity index (χ2v) is 4.99. The molecular formula is C14H17N3O2S. The van der Waals surface area contributed by atoms with E-state index in [9.17, 15) is 4.79 Å². The Hall–Kier alpha value is -1.95. The zero-order valence-electron chi connectivity index (χ0n) is 11.7. The summed E-state index contributed by atoms with van der Waals surface area (Å²) in [5.74, 6) is 0.534. The van der Waals surface area contributed by atoms with Gasteiger partial charge in [0.15, 0.2) is 0 Å². The number of hydrogen-bond acceptors (Lipinski definition) is 4. The maximum Gasteiger partial charge on any atom is 0.254 e. The van der Waals surface area contributed by atoms with Crippen molar-refractivity contribution in [3.05, 3.63) is 45.6 Å². The summed E-state index contributed by atoms with van der Waals surface area (Å²) in [4.78, 5) is 15.2. The molecule has 1 amide bonds. The van der Waals surface area contributed by atoms with Crippen LogP contribution in [0.15, 0.2) is 22.9 Å². The quantitative estimate of drug-likeness (QED) is 0.848. The molecule has 2 rings (SSSR count). The molecule has 0 saturated carbocycles. The molecule has 0 spiro atoms. The highest BCUT2D eigenvalue weighted by Gasteiger charge is 2.21. The van der Waals surface area contributed by atoms with E-state index in [-0.39, 0.29) is 11.9 Å². The fourth-order valence-electron chi connectivity index (χ4n) is 2.20. The number of carbonyl (C=O) groups is 1. The Kier molecular flexibility index (Phi) is 4.34. The summed E-state index contributed by atoms with van der Waals surface area (Å²) in [7, 11) is 0. The van der Waals surface area contributed by atoms with E-state index in [0.29, 0.717) is 10.2 Å². The van der Waals surface area contributed by atoms with Gasteiger partial charge in [-0.05, 0) is 32.4 Å². The summed E-state index contributed by atoms with van der Waals surface area (Å²) in [6.45, 7) is 5.72. The summed E-state index contributed by atoms with van der Waals surface area (Å²) >= 11 is 5.12. The van der Waals surface area contributed by atoms with Gasteiger partial charge in [-0.2, -0.15) is 0 Å². The van der Waals surface area contributed by atoms with Crippen molar-refractivity contribution in [3.63, 3.8) is 0 Å². The minimum Gasteiger partial charge on any atom is -0.361 e. The van der Waals surface area contributed by atoms with Crippen molar-refractivity contribution < 1.29 is 9.32 Å². The van der Waals surface area contributed by atoms with Gasteiger partial charge in [-0.3, -0.25) is 4.79 Å². The maximum absolute atomic E-state index is 12.3. The van der Waals surface area contributed by atoms with E-state index in [2.05, 4.69) is 15.5 Å². The van der Waals surface area contributed by atoms with Crippen LogP contribution in [0.4, 0.5) is 0 Å². The first-order valence-corrected chi connectivity index (χ1v) is 6.86. The number of aryl methyl sites for hydroxylation is 2. The number of nitrogens with one attached hydrogen (secondary N) is 2. The van der Waals surface area contributed by atoms with Gasteiger partial charge in [-0.15, -0.1) is 0 Å². The van der Waals surface area contributed by atoms with E-state index in [0.717, 1.165) is 23.4 Å². The molecule has 0 bridgehead atoms. The Morgan fingerprint density at radius 2 is 2.30 bits per heavy atom. The van der Waals surface area contributed by atoms with Crippen molar-refractivity contribution in [2.75, 3.05) is 0 Å². The van der Waals surface area contributed by atoms with Crippen LogP contribution in [0.3, 0.4) is 0 Å². The highest BCUT2D eigenvalue weighted by Crippen LogP contribution is 2.24. The molecule has 5 nitrogen and oxygen atoms in total. The van der Waals surface area contributed by atoms with Crippen LogP contribution in [-0.4, -0.2) is 16.0 Å². The molecule has 1 atom stereocenters. The highest BCUT2D eigenvalue weighted by atomic mass is 32.1. The van der Waals surface area contributed by atoms with E-state index in [1.54, 1.807) is 18.3 Å². The number of hydrogen-bond donors (Lipinski definition) is 2. The van der Waals surface area contributed by atoms with Gasteiger partial charge in [-0.1, -0.05) is 24.3 Å². The molecule has 0 saturated heterocycles. The van der Waals surface area contributed by atoms with Crippen LogP contribution in [0, 0.1) is 18.5 Å². The number of amides is 1. The molecule has 2 aromatic heterocycles. The minimum atomic E-state index is -0.196. The molecule has 0 fully saturated rings. The number of rotatable bonds is 4. The number of carbonyl (C=O) groups excluding carboxylic acids is 1. The number of aromatic amines is 1. The lowest BCUT2D eigenvalue weighted by atomic mass is 10.0. The summed E-state index contributed by atoms with van der Waals surface area (Å²) in [5.41, 5.74) is 2.20. The van der Waals surface area contributed by atoms with Crippen molar-refractivity contribution >= 4 is 18.1 Å². The number of H-pyrrole nitrogens is 1. The van der Waals surface area contributed by atoms with E-state index < -0.39 is 0 Å². The molecule has 2 heterocycles. The fraction of sp³-hybridized carbons (Fsp3) is 0.357. The van der Waals surface area contributed by atoms with Crippen molar-refractivity contribution in [3.8, 4) is 0 Å². The number of aromatic nitrogens is 2. The predicted molar refractivity (Wildman–Crippen MR) is 78.1 cm³/mol. The van der Waals surface area contributed by atoms with Crippen LogP contribution < -0.4 is 5.32 Å². The highest BCUT2D eigenvalue weighted by molar-refractivity contribution is 7.71. The molecule has 0 radical (unpaired) electrons. The monoisotopic (exact) mass is 291 g/mol. The van der Waals surface area contributed by atoms with Gasteiger partial charge >= 0.3 is 0 Å². The molecular weight excluding hydrogens is 274 g/mol. The third-order valence-electron chi connectivity index (χ3n) is 3.21. The molecule has 0 aliphatic heterocycles. The largest absolute Gasteiger partial charge is 0.361 e. The summed E-state index contributed by atoms with van der Waals surface area (Å²) in [5, 5.41) is 6.91. The summed E-state index contributed by atoms with van der Waals surface area (Å²) < 4.78 is 5.59. The average Bonchev–Trinajstić information content (AvgIpc) is 2.76. The molecule has 0 aliphatic carbocycles. The molecule has 20 heavy (non-hydrogen) atoms. The lowest BCUT2D eigenvalue weighted by Gasteiger charge is -2.16. The first-order valence-electron chi connectivity index (χ1n) is 6.46. The van der Waals surface area contributed by atoms with Gasteiger partial charge in [-0.25, -0.2) is 0 Å². The Morgan fingerprint density at radius 1 is 1.55 bits per heavy atom. The maximum atomic E-state index is 12.3. The molecule has 0 unspecified atom stereocenters. The van der Waals surface area contributed by atoms with Crippen LogP contribution >= 0.6 is 12.2 Å². The van der Waals surface area contributed by atoms with Crippen molar-refractivity contribution in [1.29, 1.82) is 0 Å². The molecule has 106 valence electrons. The van der Waals surface area contributed by atoms with Crippen molar-refractivity contribution in [2.45, 2.75) is 33.2 Å². The van der Waals surface area contributed by atoms with Gasteiger partial charge in [0, 0.05) is 11.8 Å². The van der Waals surface area contributed by atoms with Crippen molar-refractivity contribution in [2.24, 2.45) is 0 Å². The zero-order chi connectivity index (χ0) is 14.7. The summed E-state index contributed by atoms with van der Waals surface area (Å²) in [6.07, 6.45) is 2.45. The van der Waals surface area contributed by atoms with Crippen LogP contribution in [-0.2, 0) is 0 Å². The SMILES string of the molecule is CC[C@H](NC(=O)c1ccc[nH]c1=S)c1c(C)noc1C. The Bertz CT molecular complexity index is 656. The van der Waals surface area contributed by atoms with Crippen LogP contribution in [0.5, 0.6) is 0 Å². The van der Waals surface area contributed by atoms with E-state index >= 15 is 0 Å². The lowest BCUT2D eigenvalue weighted by Crippen LogP contribution is -2.29. The topological polar surface area (TPSA) is 70.9 Å². The minimum absolute atomic E-state index is 0.136. The smallest absolute Gasteiger partial charge is 0.254 e. The standard InChI is InChI=1S/C14H17N3O2S/c1-4-11(12-8(2)17-19-9(12)3)16-13(18)10-6-5-7-15-14(10)20/h5-7,11H,4H2,1-3H3,(H,15,20)(H,16,18)/t11-/m0/s1. The zero-order valence-corrected chi connectivity index (χ0v) is 12.5. The second-order valence-electron chi connectivity index (χ2n) is 4.59. The lowest BCUT2D eigenvalue weighted by molar-refractivity contribution is 0.0934. The number of pyridine rings is 1.